The molecule has 0 bridgehead atoms. The summed E-state index contributed by atoms with van der Waals surface area (Å²) in [5, 5.41) is 5.08. The number of hydrogen-bond acceptors (Lipinski definition) is 3. The minimum atomic E-state index is 0.598. The Morgan fingerprint density at radius 2 is 1.85 bits per heavy atom. The van der Waals surface area contributed by atoms with Crippen molar-refractivity contribution >= 4 is 51.9 Å². The smallest absolute Gasteiger partial charge is 0.173 e. The number of para-hydroxylation sites is 2. The van der Waals surface area contributed by atoms with E-state index in [1.54, 1.807) is 18.2 Å². The van der Waals surface area contributed by atoms with Gasteiger partial charge in [0.05, 0.1) is 23.0 Å². The van der Waals surface area contributed by atoms with Crippen molar-refractivity contribution in [2.75, 3.05) is 43.0 Å². The number of hydrogen-bond donors (Lipinski definition) is 1. The lowest BCUT2D eigenvalue weighted by atomic mass is 10.2. The molecule has 1 saturated heterocycles. The van der Waals surface area contributed by atoms with Crippen molar-refractivity contribution in [3.05, 3.63) is 52.5 Å². The van der Waals surface area contributed by atoms with Crippen LogP contribution in [0.3, 0.4) is 0 Å². The van der Waals surface area contributed by atoms with E-state index in [1.165, 1.54) is 0 Å². The Hall–Kier alpha value is -1.69. The number of benzene rings is 2. The van der Waals surface area contributed by atoms with E-state index in [2.05, 4.69) is 21.2 Å². The fraction of sp³-hybridized carbons (Fsp3) is 0.316. The van der Waals surface area contributed by atoms with Gasteiger partial charge in [0.25, 0.3) is 0 Å². The van der Waals surface area contributed by atoms with Gasteiger partial charge in [-0.25, -0.2) is 0 Å². The topological polar surface area (TPSA) is 27.7 Å². The van der Waals surface area contributed by atoms with Crippen LogP contribution in [-0.4, -0.2) is 42.8 Å². The third kappa shape index (κ3) is 4.53. The molecular weight excluding hydrogens is 389 g/mol. The zero-order chi connectivity index (χ0) is 18.5. The Morgan fingerprint density at radius 3 is 2.58 bits per heavy atom. The molecule has 0 saturated carbocycles. The van der Waals surface area contributed by atoms with Gasteiger partial charge in [0.2, 0.25) is 0 Å². The number of nitrogens with zero attached hydrogens (tertiary/aromatic N) is 2. The largest absolute Gasteiger partial charge is 0.492 e. The number of anilines is 2. The maximum Gasteiger partial charge on any atom is 0.173 e. The number of halogens is 2. The quantitative estimate of drug-likeness (QED) is 0.723. The van der Waals surface area contributed by atoms with Gasteiger partial charge in [-0.2, -0.15) is 0 Å². The molecule has 0 aromatic heterocycles. The van der Waals surface area contributed by atoms with Gasteiger partial charge >= 0.3 is 0 Å². The SMILES string of the molecule is CCOc1ccccc1N1CCN(C(=S)Nc2cc(Cl)ccc2Cl)CC1. The zero-order valence-electron chi connectivity index (χ0n) is 14.5. The lowest BCUT2D eigenvalue weighted by molar-refractivity contribution is 0.336. The summed E-state index contributed by atoms with van der Waals surface area (Å²) >= 11 is 17.8. The average Bonchev–Trinajstić information content (AvgIpc) is 2.65. The van der Waals surface area contributed by atoms with Gasteiger partial charge in [0, 0.05) is 31.2 Å². The molecule has 0 radical (unpaired) electrons. The molecule has 1 N–H and O–H groups in total. The second-order valence-electron chi connectivity index (χ2n) is 5.93. The molecule has 0 unspecified atom stereocenters. The lowest BCUT2D eigenvalue weighted by Crippen LogP contribution is -2.50. The first-order valence-corrected chi connectivity index (χ1v) is 9.72. The van der Waals surface area contributed by atoms with Crippen molar-refractivity contribution in [3.63, 3.8) is 0 Å². The first-order chi connectivity index (χ1) is 12.6. The van der Waals surface area contributed by atoms with Crippen molar-refractivity contribution < 1.29 is 4.74 Å². The standard InChI is InChI=1S/C19H21Cl2N3OS/c1-2-25-18-6-4-3-5-17(18)23-9-11-24(12-10-23)19(26)22-16-13-14(20)7-8-15(16)21/h3-8,13H,2,9-12H2,1H3,(H,22,26). The van der Waals surface area contributed by atoms with Crippen LogP contribution in [0.5, 0.6) is 5.75 Å². The highest BCUT2D eigenvalue weighted by atomic mass is 35.5. The van der Waals surface area contributed by atoms with Crippen molar-refractivity contribution in [1.82, 2.24) is 4.90 Å². The van der Waals surface area contributed by atoms with Crippen molar-refractivity contribution in [3.8, 4) is 5.75 Å². The summed E-state index contributed by atoms with van der Waals surface area (Å²) in [5.74, 6) is 0.926. The molecule has 1 heterocycles. The van der Waals surface area contributed by atoms with Crippen molar-refractivity contribution in [1.29, 1.82) is 0 Å². The fourth-order valence-corrected chi connectivity index (χ4v) is 3.56. The maximum absolute atomic E-state index is 6.21. The van der Waals surface area contributed by atoms with E-state index in [9.17, 15) is 0 Å². The minimum Gasteiger partial charge on any atom is -0.492 e. The van der Waals surface area contributed by atoms with E-state index in [0.29, 0.717) is 21.8 Å². The van der Waals surface area contributed by atoms with Crippen LogP contribution in [0.4, 0.5) is 11.4 Å². The molecule has 0 amide bonds. The van der Waals surface area contributed by atoms with Crippen LogP contribution >= 0.6 is 35.4 Å². The molecule has 4 nitrogen and oxygen atoms in total. The molecule has 0 atom stereocenters. The Bertz CT molecular complexity index is 779. The second-order valence-corrected chi connectivity index (χ2v) is 7.16. The van der Waals surface area contributed by atoms with E-state index in [0.717, 1.165) is 43.3 Å². The van der Waals surface area contributed by atoms with Crippen LogP contribution in [0.2, 0.25) is 10.0 Å². The predicted molar refractivity (Wildman–Crippen MR) is 114 cm³/mol. The average molecular weight is 410 g/mol. The second kappa shape index (κ2) is 8.80. The predicted octanol–water partition coefficient (Wildman–Crippen LogP) is 4.91. The highest BCUT2D eigenvalue weighted by molar-refractivity contribution is 7.80. The number of ether oxygens (including phenoxy) is 1. The van der Waals surface area contributed by atoms with Crippen LogP contribution in [-0.2, 0) is 0 Å². The molecule has 2 aromatic rings. The zero-order valence-corrected chi connectivity index (χ0v) is 16.9. The highest BCUT2D eigenvalue weighted by Gasteiger charge is 2.21. The summed E-state index contributed by atoms with van der Waals surface area (Å²) < 4.78 is 5.75. The first kappa shape index (κ1) is 19.1. The Kier molecular flexibility index (Phi) is 6.46. The van der Waals surface area contributed by atoms with E-state index >= 15 is 0 Å². The number of thiocarbonyl (C=S) groups is 1. The monoisotopic (exact) mass is 409 g/mol. The summed E-state index contributed by atoms with van der Waals surface area (Å²) in [6.45, 7) is 6.05. The Balaban J connectivity index is 1.61. The van der Waals surface area contributed by atoms with Gasteiger partial charge in [0.15, 0.2) is 5.11 Å². The van der Waals surface area contributed by atoms with Gasteiger partial charge in [-0.05, 0) is 49.5 Å². The molecule has 0 spiro atoms. The van der Waals surface area contributed by atoms with E-state index in [4.69, 9.17) is 40.2 Å². The van der Waals surface area contributed by atoms with E-state index < -0.39 is 0 Å². The van der Waals surface area contributed by atoms with Crippen LogP contribution < -0.4 is 15.0 Å². The molecule has 0 aliphatic carbocycles. The lowest BCUT2D eigenvalue weighted by Gasteiger charge is -2.38. The molecule has 1 aliphatic heterocycles. The van der Waals surface area contributed by atoms with Gasteiger partial charge < -0.3 is 19.9 Å². The molecule has 2 aromatic carbocycles. The first-order valence-electron chi connectivity index (χ1n) is 8.56. The van der Waals surface area contributed by atoms with Crippen LogP contribution in [0.15, 0.2) is 42.5 Å². The molecule has 1 fully saturated rings. The van der Waals surface area contributed by atoms with Crippen molar-refractivity contribution in [2.24, 2.45) is 0 Å². The Morgan fingerprint density at radius 1 is 1.12 bits per heavy atom. The van der Waals surface area contributed by atoms with Crippen LogP contribution in [0.25, 0.3) is 0 Å². The highest BCUT2D eigenvalue weighted by Crippen LogP contribution is 2.29. The minimum absolute atomic E-state index is 0.598. The van der Waals surface area contributed by atoms with E-state index in [-0.39, 0.29) is 0 Å². The summed E-state index contributed by atoms with van der Waals surface area (Å²) in [4.78, 5) is 4.48. The number of nitrogens with one attached hydrogen (secondary N) is 1. The number of piperazine rings is 1. The van der Waals surface area contributed by atoms with Crippen LogP contribution in [0, 0.1) is 0 Å². The fourth-order valence-electron chi connectivity index (χ4n) is 2.93. The molecule has 7 heteroatoms. The normalized spacial score (nSPS) is 14.3. The van der Waals surface area contributed by atoms with Gasteiger partial charge in [-0.3, -0.25) is 0 Å². The Labute approximate surface area is 169 Å². The number of rotatable bonds is 4. The molecule has 26 heavy (non-hydrogen) atoms. The molecule has 1 aliphatic rings. The summed E-state index contributed by atoms with van der Waals surface area (Å²) in [7, 11) is 0. The van der Waals surface area contributed by atoms with Crippen molar-refractivity contribution in [2.45, 2.75) is 6.92 Å². The molecule has 138 valence electrons. The molecular formula is C19H21Cl2N3OS. The third-order valence-corrected chi connectivity index (χ3v) is 5.17. The summed E-state index contributed by atoms with van der Waals surface area (Å²) in [5.41, 5.74) is 1.86. The van der Waals surface area contributed by atoms with Gasteiger partial charge in [0.1, 0.15) is 5.75 Å². The summed E-state index contributed by atoms with van der Waals surface area (Å²) in [6, 6.07) is 13.5. The van der Waals surface area contributed by atoms with Gasteiger partial charge in [-0.1, -0.05) is 35.3 Å². The molecule has 3 rings (SSSR count). The van der Waals surface area contributed by atoms with E-state index in [1.807, 2.05) is 25.1 Å². The maximum atomic E-state index is 6.21. The summed E-state index contributed by atoms with van der Waals surface area (Å²) in [6.07, 6.45) is 0. The third-order valence-electron chi connectivity index (χ3n) is 4.24. The van der Waals surface area contributed by atoms with Crippen LogP contribution in [0.1, 0.15) is 6.92 Å². The van der Waals surface area contributed by atoms with Gasteiger partial charge in [-0.15, -0.1) is 0 Å².